The van der Waals surface area contributed by atoms with Crippen molar-refractivity contribution >= 4 is 29.5 Å². The summed E-state index contributed by atoms with van der Waals surface area (Å²) in [7, 11) is 0. The molecule has 0 unspecified atom stereocenters. The van der Waals surface area contributed by atoms with Crippen LogP contribution in [-0.2, 0) is 9.59 Å². The number of carbonyl (C=O) groups is 2. The number of nitrogens with one attached hydrogen (secondary N) is 2. The van der Waals surface area contributed by atoms with Crippen molar-refractivity contribution in [2.75, 3.05) is 6.61 Å². The Kier molecular flexibility index (Phi) is 6.20. The Balaban J connectivity index is 1.70. The van der Waals surface area contributed by atoms with E-state index in [0.717, 1.165) is 5.56 Å². The molecular weight excluding hydrogens is 316 g/mol. The van der Waals surface area contributed by atoms with Gasteiger partial charge in [0.25, 0.3) is 11.8 Å². The van der Waals surface area contributed by atoms with E-state index >= 15 is 0 Å². The molecule has 0 aromatic heterocycles. The van der Waals surface area contributed by atoms with E-state index in [1.165, 1.54) is 6.08 Å². The summed E-state index contributed by atoms with van der Waals surface area (Å²) in [6.45, 7) is -0.218. The van der Waals surface area contributed by atoms with Crippen LogP contribution >= 0.6 is 11.6 Å². The lowest BCUT2D eigenvalue weighted by Crippen LogP contribution is -2.43. The highest BCUT2D eigenvalue weighted by molar-refractivity contribution is 6.30. The van der Waals surface area contributed by atoms with E-state index in [0.29, 0.717) is 10.8 Å². The Hall–Kier alpha value is -2.79. The molecule has 0 atom stereocenters. The average Bonchev–Trinajstić information content (AvgIpc) is 2.58. The zero-order chi connectivity index (χ0) is 16.5. The van der Waals surface area contributed by atoms with Gasteiger partial charge < -0.3 is 4.74 Å². The summed E-state index contributed by atoms with van der Waals surface area (Å²) in [5.41, 5.74) is 5.42. The smallest absolute Gasteiger partial charge is 0.276 e. The maximum Gasteiger partial charge on any atom is 0.276 e. The maximum atomic E-state index is 11.6. The Morgan fingerprint density at radius 1 is 1.00 bits per heavy atom. The molecule has 2 amide bonds. The summed E-state index contributed by atoms with van der Waals surface area (Å²) >= 11 is 5.74. The van der Waals surface area contributed by atoms with Crippen LogP contribution in [-0.4, -0.2) is 18.4 Å². The Morgan fingerprint density at radius 2 is 1.70 bits per heavy atom. The van der Waals surface area contributed by atoms with Crippen molar-refractivity contribution in [3.8, 4) is 5.75 Å². The lowest BCUT2D eigenvalue weighted by molar-refractivity contribution is -0.128. The van der Waals surface area contributed by atoms with E-state index in [1.54, 1.807) is 30.3 Å². The van der Waals surface area contributed by atoms with Crippen molar-refractivity contribution < 1.29 is 14.3 Å². The zero-order valence-corrected chi connectivity index (χ0v) is 12.9. The van der Waals surface area contributed by atoms with Crippen molar-refractivity contribution in [2.45, 2.75) is 0 Å². The number of ether oxygens (including phenoxy) is 1. The van der Waals surface area contributed by atoms with Crippen molar-refractivity contribution in [1.82, 2.24) is 10.9 Å². The van der Waals surface area contributed by atoms with Gasteiger partial charge in [0, 0.05) is 11.1 Å². The van der Waals surface area contributed by atoms with Crippen LogP contribution in [0.2, 0.25) is 5.02 Å². The first-order chi connectivity index (χ1) is 11.1. The van der Waals surface area contributed by atoms with Gasteiger partial charge in [0.05, 0.1) is 0 Å². The van der Waals surface area contributed by atoms with Gasteiger partial charge in [-0.15, -0.1) is 0 Å². The second kappa shape index (κ2) is 8.60. The molecule has 0 radical (unpaired) electrons. The highest BCUT2D eigenvalue weighted by atomic mass is 35.5. The van der Waals surface area contributed by atoms with E-state index in [9.17, 15) is 9.59 Å². The van der Waals surface area contributed by atoms with Crippen molar-refractivity contribution in [3.63, 3.8) is 0 Å². The number of carbonyl (C=O) groups excluding carboxylic acids is 2. The molecule has 0 spiro atoms. The first-order valence-electron chi connectivity index (χ1n) is 6.84. The summed E-state index contributed by atoms with van der Waals surface area (Å²) < 4.78 is 5.24. The van der Waals surface area contributed by atoms with Crippen LogP contribution in [0.15, 0.2) is 60.7 Å². The summed E-state index contributed by atoms with van der Waals surface area (Å²) in [5, 5.41) is 0.583. The lowest BCUT2D eigenvalue weighted by atomic mass is 10.2. The maximum absolute atomic E-state index is 11.6. The number of amides is 2. The van der Waals surface area contributed by atoms with Gasteiger partial charge in [-0.1, -0.05) is 41.9 Å². The molecule has 2 aromatic carbocycles. The van der Waals surface area contributed by atoms with Crippen LogP contribution in [0.1, 0.15) is 5.56 Å². The minimum atomic E-state index is -0.471. The molecule has 0 aliphatic rings. The molecule has 0 heterocycles. The SMILES string of the molecule is O=C(/C=C\c1ccccc1)NNC(=O)COc1ccc(Cl)cc1. The van der Waals surface area contributed by atoms with Gasteiger partial charge in [-0.05, 0) is 35.9 Å². The molecule has 0 aliphatic heterocycles. The van der Waals surface area contributed by atoms with Gasteiger partial charge in [-0.2, -0.15) is 0 Å². The number of halogens is 1. The topological polar surface area (TPSA) is 67.4 Å². The van der Waals surface area contributed by atoms with Crippen LogP contribution in [0.4, 0.5) is 0 Å². The fraction of sp³-hybridized carbons (Fsp3) is 0.0588. The van der Waals surface area contributed by atoms with E-state index in [-0.39, 0.29) is 6.61 Å². The lowest BCUT2D eigenvalue weighted by Gasteiger charge is -2.07. The van der Waals surface area contributed by atoms with Gasteiger partial charge in [0.2, 0.25) is 0 Å². The third kappa shape index (κ3) is 6.23. The molecule has 0 saturated carbocycles. The summed E-state index contributed by atoms with van der Waals surface area (Å²) in [6, 6.07) is 16.0. The number of rotatable bonds is 5. The molecule has 23 heavy (non-hydrogen) atoms. The van der Waals surface area contributed by atoms with Gasteiger partial charge in [0.1, 0.15) is 5.75 Å². The molecular formula is C17H15ClN2O3. The summed E-state index contributed by atoms with van der Waals surface area (Å²) in [4.78, 5) is 23.1. The average molecular weight is 331 g/mol. The van der Waals surface area contributed by atoms with Gasteiger partial charge in [-0.25, -0.2) is 0 Å². The quantitative estimate of drug-likeness (QED) is 0.654. The predicted octanol–water partition coefficient (Wildman–Crippen LogP) is 2.58. The third-order valence-corrected chi connectivity index (χ3v) is 2.99. The molecule has 5 nitrogen and oxygen atoms in total. The van der Waals surface area contributed by atoms with Crippen LogP contribution < -0.4 is 15.6 Å². The fourth-order valence-corrected chi connectivity index (χ4v) is 1.75. The number of hydrogen-bond donors (Lipinski definition) is 2. The number of hydrazine groups is 1. The first kappa shape index (κ1) is 16.6. The molecule has 2 rings (SSSR count). The van der Waals surface area contributed by atoms with Crippen molar-refractivity contribution in [2.24, 2.45) is 0 Å². The normalized spacial score (nSPS) is 10.3. The van der Waals surface area contributed by atoms with Crippen molar-refractivity contribution in [1.29, 1.82) is 0 Å². The zero-order valence-electron chi connectivity index (χ0n) is 12.2. The highest BCUT2D eigenvalue weighted by Gasteiger charge is 2.03. The molecule has 0 aliphatic carbocycles. The van der Waals surface area contributed by atoms with Gasteiger partial charge >= 0.3 is 0 Å². The monoisotopic (exact) mass is 330 g/mol. The van der Waals surface area contributed by atoms with Crippen LogP contribution in [0.3, 0.4) is 0 Å². The van der Waals surface area contributed by atoms with E-state index in [2.05, 4.69) is 10.9 Å². The summed E-state index contributed by atoms with van der Waals surface area (Å²) in [5.74, 6) is -0.394. The minimum absolute atomic E-state index is 0.218. The molecule has 0 saturated heterocycles. The van der Waals surface area contributed by atoms with Crippen LogP contribution in [0.5, 0.6) is 5.75 Å². The van der Waals surface area contributed by atoms with Gasteiger partial charge in [0.15, 0.2) is 6.61 Å². The fourth-order valence-electron chi connectivity index (χ4n) is 1.62. The molecule has 0 fully saturated rings. The highest BCUT2D eigenvalue weighted by Crippen LogP contribution is 2.15. The summed E-state index contributed by atoms with van der Waals surface area (Å²) in [6.07, 6.45) is 2.97. The van der Waals surface area contributed by atoms with Crippen molar-refractivity contribution in [3.05, 3.63) is 71.3 Å². The molecule has 6 heteroatoms. The van der Waals surface area contributed by atoms with Crippen LogP contribution in [0, 0.1) is 0 Å². The number of hydrogen-bond acceptors (Lipinski definition) is 3. The number of benzene rings is 2. The molecule has 0 bridgehead atoms. The predicted molar refractivity (Wildman–Crippen MR) is 88.7 cm³/mol. The van der Waals surface area contributed by atoms with Gasteiger partial charge in [-0.3, -0.25) is 20.4 Å². The molecule has 2 aromatic rings. The Labute approximate surface area is 138 Å². The first-order valence-corrected chi connectivity index (χ1v) is 7.21. The van der Waals surface area contributed by atoms with E-state index in [1.807, 2.05) is 30.3 Å². The van der Waals surface area contributed by atoms with E-state index < -0.39 is 11.8 Å². The van der Waals surface area contributed by atoms with E-state index in [4.69, 9.17) is 16.3 Å². The van der Waals surface area contributed by atoms with Crippen LogP contribution in [0.25, 0.3) is 6.08 Å². The standard InChI is InChI=1S/C17H15ClN2O3/c18-14-7-9-15(10-8-14)23-12-17(22)20-19-16(21)11-6-13-4-2-1-3-5-13/h1-11H,12H2,(H,19,21)(H,20,22)/b11-6-. The second-order valence-corrected chi connectivity index (χ2v) is 4.96. The second-order valence-electron chi connectivity index (χ2n) is 4.52. The largest absolute Gasteiger partial charge is 0.484 e. The third-order valence-electron chi connectivity index (χ3n) is 2.74. The molecule has 118 valence electrons. The molecule has 2 N–H and O–H groups in total. The Bertz CT molecular complexity index is 685. The minimum Gasteiger partial charge on any atom is -0.484 e. The Morgan fingerprint density at radius 3 is 2.39 bits per heavy atom.